The highest BCUT2D eigenvalue weighted by Gasteiger charge is 2.25. The van der Waals surface area contributed by atoms with E-state index in [1.807, 2.05) is 18.2 Å². The van der Waals surface area contributed by atoms with E-state index >= 15 is 0 Å². The largest absolute Gasteiger partial charge is 0.313 e. The van der Waals surface area contributed by atoms with Gasteiger partial charge in [0.15, 0.2) is 0 Å². The smallest absolute Gasteiger partial charge is 0.101 e. The summed E-state index contributed by atoms with van der Waals surface area (Å²) in [6, 6.07) is 19.3. The van der Waals surface area contributed by atoms with Crippen LogP contribution in [0, 0.1) is 39.9 Å². The second kappa shape index (κ2) is 8.76. The van der Waals surface area contributed by atoms with Crippen LogP contribution in [0.25, 0.3) is 51.4 Å². The van der Waals surface area contributed by atoms with Crippen molar-refractivity contribution in [2.45, 2.75) is 39.0 Å². The molecule has 0 fully saturated rings. The first-order chi connectivity index (χ1) is 19.1. The quantitative estimate of drug-likeness (QED) is 0.337. The fraction of sp³-hybridized carbons (Fsp3) is 0.206. The molecule has 0 saturated heterocycles. The maximum atomic E-state index is 10.1. The first kappa shape index (κ1) is 23.1. The van der Waals surface area contributed by atoms with Crippen LogP contribution < -0.4 is 10.6 Å². The maximum Gasteiger partial charge on any atom is 0.101 e. The summed E-state index contributed by atoms with van der Waals surface area (Å²) in [4.78, 5) is 0. The molecule has 2 heterocycles. The summed E-state index contributed by atoms with van der Waals surface area (Å²) in [7, 11) is 0. The van der Waals surface area contributed by atoms with Gasteiger partial charge in [-0.15, -0.1) is 0 Å². The lowest BCUT2D eigenvalue weighted by molar-refractivity contribution is 0.731. The molecule has 0 amide bonds. The van der Waals surface area contributed by atoms with Gasteiger partial charge in [0.05, 0.1) is 45.7 Å². The van der Waals surface area contributed by atoms with E-state index in [9.17, 15) is 15.8 Å². The van der Waals surface area contributed by atoms with E-state index in [0.29, 0.717) is 17.1 Å². The standard InChI is InChI=1S/C34H25N5/c1-21-9-12-28(24(15-21)20-37)38-31-14-11-23(19-36)17-27(31)34-32(38)7-4-8-33(34)39-29-6-3-2-5-25(29)26-16-22(18-35)10-13-30(26)39/h4-8,11-12,14-17,21H,2-3,9-10,13H2,1H3. The molecule has 0 radical (unpaired) electrons. The van der Waals surface area contributed by atoms with E-state index in [0.717, 1.165) is 76.4 Å². The molecule has 3 aliphatic carbocycles. The monoisotopic (exact) mass is 503 g/mol. The lowest BCUT2D eigenvalue weighted by atomic mass is 9.95. The zero-order valence-electron chi connectivity index (χ0n) is 21.7. The molecule has 2 aromatic heterocycles. The van der Waals surface area contributed by atoms with E-state index in [1.165, 1.54) is 16.3 Å². The van der Waals surface area contributed by atoms with Crippen LogP contribution in [0.15, 0.2) is 59.7 Å². The highest BCUT2D eigenvalue weighted by molar-refractivity contribution is 6.15. The average Bonchev–Trinajstić information content (AvgIpc) is 3.49. The Balaban J connectivity index is 1.62. The fourth-order valence-corrected chi connectivity index (χ4v) is 6.53. The van der Waals surface area contributed by atoms with Gasteiger partial charge in [-0.2, -0.15) is 15.8 Å². The summed E-state index contributed by atoms with van der Waals surface area (Å²) < 4.78 is 4.58. The normalized spacial score (nSPS) is 17.9. The molecule has 4 aromatic rings. The van der Waals surface area contributed by atoms with E-state index in [2.05, 4.69) is 82.8 Å². The third kappa shape index (κ3) is 3.36. The van der Waals surface area contributed by atoms with Gasteiger partial charge in [0.25, 0.3) is 0 Å². The van der Waals surface area contributed by atoms with Gasteiger partial charge >= 0.3 is 0 Å². The van der Waals surface area contributed by atoms with Crippen LogP contribution in [0.4, 0.5) is 0 Å². The van der Waals surface area contributed by atoms with Crippen molar-refractivity contribution in [3.8, 4) is 23.9 Å². The topological polar surface area (TPSA) is 81.2 Å². The van der Waals surface area contributed by atoms with Gasteiger partial charge < -0.3 is 9.13 Å². The van der Waals surface area contributed by atoms with Crippen molar-refractivity contribution < 1.29 is 0 Å². The molecule has 3 aliphatic rings. The molecule has 0 saturated carbocycles. The Labute approximate surface area is 226 Å². The fourth-order valence-electron chi connectivity index (χ4n) is 6.53. The van der Waals surface area contributed by atoms with Gasteiger partial charge in [-0.05, 0) is 74.4 Å². The molecule has 186 valence electrons. The highest BCUT2D eigenvalue weighted by atomic mass is 15.0. The molecule has 5 nitrogen and oxygen atoms in total. The average molecular weight is 504 g/mol. The number of benzene rings is 2. The van der Waals surface area contributed by atoms with Gasteiger partial charge in [0.1, 0.15) is 6.07 Å². The van der Waals surface area contributed by atoms with E-state index < -0.39 is 0 Å². The lowest BCUT2D eigenvalue weighted by Crippen LogP contribution is -2.31. The number of fused-ring (bicyclic) bond motifs is 6. The minimum absolute atomic E-state index is 0.313. The van der Waals surface area contributed by atoms with Crippen molar-refractivity contribution in [3.63, 3.8) is 0 Å². The van der Waals surface area contributed by atoms with E-state index in [1.54, 1.807) is 0 Å². The molecule has 39 heavy (non-hydrogen) atoms. The highest BCUT2D eigenvalue weighted by Crippen LogP contribution is 2.39. The molecule has 5 heteroatoms. The molecule has 1 atom stereocenters. The molecular formula is C34H25N5. The number of aromatic nitrogens is 2. The van der Waals surface area contributed by atoms with Gasteiger partial charge in [0, 0.05) is 38.2 Å². The van der Waals surface area contributed by atoms with Crippen molar-refractivity contribution in [1.29, 1.82) is 15.8 Å². The lowest BCUT2D eigenvalue weighted by Gasteiger charge is -2.19. The molecule has 0 bridgehead atoms. The zero-order chi connectivity index (χ0) is 26.7. The molecule has 2 aromatic carbocycles. The van der Waals surface area contributed by atoms with Crippen LogP contribution in [0.3, 0.4) is 0 Å². The summed E-state index contributed by atoms with van der Waals surface area (Å²) in [5.74, 6) is 0.313. The van der Waals surface area contributed by atoms with Gasteiger partial charge in [-0.25, -0.2) is 0 Å². The number of nitrogens with zero attached hydrogens (tertiary/aromatic N) is 5. The molecular weight excluding hydrogens is 478 g/mol. The summed E-state index contributed by atoms with van der Waals surface area (Å²) in [5.41, 5.74) is 8.44. The van der Waals surface area contributed by atoms with Crippen LogP contribution in [0.1, 0.15) is 49.4 Å². The SMILES string of the molecule is CC1C=C(C#N)C(n2c3ccc(C#N)cc3c3c(-n4c5c(c6c4=CCCC=6)C=C(C#N)CC5)cccc32)=CC1. The Morgan fingerprint density at radius 3 is 2.56 bits per heavy atom. The number of nitriles is 3. The van der Waals surface area contributed by atoms with Crippen LogP contribution >= 0.6 is 0 Å². The van der Waals surface area contributed by atoms with Gasteiger partial charge in [-0.3, -0.25) is 0 Å². The molecule has 0 N–H and O–H groups in total. The van der Waals surface area contributed by atoms with Crippen LogP contribution in [-0.2, 0) is 6.42 Å². The predicted molar refractivity (Wildman–Crippen MR) is 155 cm³/mol. The second-order valence-corrected chi connectivity index (χ2v) is 10.6. The summed E-state index contributed by atoms with van der Waals surface area (Å²) in [6.45, 7) is 2.13. The second-order valence-electron chi connectivity index (χ2n) is 10.6. The van der Waals surface area contributed by atoms with Crippen LogP contribution in [-0.4, -0.2) is 9.13 Å². The van der Waals surface area contributed by atoms with Crippen LogP contribution in [0.2, 0.25) is 0 Å². The Kier molecular flexibility index (Phi) is 5.19. The third-order valence-electron chi connectivity index (χ3n) is 8.24. The summed E-state index contributed by atoms with van der Waals surface area (Å²) >= 11 is 0. The Morgan fingerprint density at radius 2 is 1.74 bits per heavy atom. The third-order valence-corrected chi connectivity index (χ3v) is 8.24. The first-order valence-corrected chi connectivity index (χ1v) is 13.5. The van der Waals surface area contributed by atoms with E-state index in [-0.39, 0.29) is 0 Å². The molecule has 0 aliphatic heterocycles. The summed E-state index contributed by atoms with van der Waals surface area (Å²) in [5, 5.41) is 33.9. The Hall–Kier alpha value is -5.05. The van der Waals surface area contributed by atoms with Gasteiger partial charge in [0.2, 0.25) is 0 Å². The molecule has 0 spiro atoms. The van der Waals surface area contributed by atoms with Gasteiger partial charge in [-0.1, -0.05) is 37.3 Å². The molecule has 1 unspecified atom stereocenters. The number of hydrogen-bond donors (Lipinski definition) is 0. The van der Waals surface area contributed by atoms with Crippen LogP contribution in [0.5, 0.6) is 0 Å². The number of rotatable bonds is 2. The maximum absolute atomic E-state index is 10.1. The van der Waals surface area contributed by atoms with E-state index in [4.69, 9.17) is 0 Å². The summed E-state index contributed by atoms with van der Waals surface area (Å²) in [6.07, 6.45) is 15.3. The predicted octanol–water partition coefficient (Wildman–Crippen LogP) is 6.00. The van der Waals surface area contributed by atoms with Crippen molar-refractivity contribution in [2.24, 2.45) is 5.92 Å². The number of allylic oxidation sites excluding steroid dienone is 5. The minimum Gasteiger partial charge on any atom is -0.313 e. The van der Waals surface area contributed by atoms with Crippen molar-refractivity contribution in [1.82, 2.24) is 9.13 Å². The van der Waals surface area contributed by atoms with Crippen molar-refractivity contribution in [2.75, 3.05) is 0 Å². The zero-order valence-corrected chi connectivity index (χ0v) is 21.7. The minimum atomic E-state index is 0.313. The Morgan fingerprint density at radius 1 is 0.872 bits per heavy atom. The van der Waals surface area contributed by atoms with Crippen molar-refractivity contribution in [3.05, 3.63) is 87.1 Å². The number of hydrogen-bond acceptors (Lipinski definition) is 3. The first-order valence-electron chi connectivity index (χ1n) is 13.5. The van der Waals surface area contributed by atoms with Crippen molar-refractivity contribution >= 4 is 45.7 Å². The molecule has 7 rings (SSSR count). The Bertz CT molecular complexity index is 2090.